The normalized spacial score (nSPS) is 15.9. The van der Waals surface area contributed by atoms with Gasteiger partial charge in [0.05, 0.1) is 16.5 Å². The second-order valence-corrected chi connectivity index (χ2v) is 7.37. The third kappa shape index (κ3) is 5.71. The van der Waals surface area contributed by atoms with Gasteiger partial charge in [0.1, 0.15) is 5.75 Å². The van der Waals surface area contributed by atoms with Crippen LogP contribution in [0.1, 0.15) is 22.8 Å². The third-order valence-electron chi connectivity index (χ3n) is 3.78. The molecule has 0 bridgehead atoms. The molecule has 0 saturated carbocycles. The number of carbonyl (C=O) groups excluding carboxylic acids is 3. The van der Waals surface area contributed by atoms with Crippen molar-refractivity contribution in [2.45, 2.75) is 6.92 Å². The fraction of sp³-hybridized carbons (Fsp3) is 0.143. The molecule has 154 valence electrons. The van der Waals surface area contributed by atoms with E-state index >= 15 is 0 Å². The third-order valence-corrected chi connectivity index (χ3v) is 4.98. The number of benzene rings is 2. The fourth-order valence-electron chi connectivity index (χ4n) is 2.43. The molecule has 0 atom stereocenters. The Hall–Kier alpha value is -3.10. The van der Waals surface area contributed by atoms with Crippen LogP contribution in [0.15, 0.2) is 58.4 Å². The largest absolute Gasteiger partial charge is 0.480 e. The molecular formula is C21H17ClN2O5S. The van der Waals surface area contributed by atoms with Gasteiger partial charge in [0, 0.05) is 5.56 Å². The summed E-state index contributed by atoms with van der Waals surface area (Å²) >= 11 is 7.26. The molecule has 9 heteroatoms. The Balaban J connectivity index is 1.68. The first-order chi connectivity index (χ1) is 14.5. The van der Waals surface area contributed by atoms with Crippen molar-refractivity contribution in [3.05, 3.63) is 69.6 Å². The van der Waals surface area contributed by atoms with Gasteiger partial charge < -0.3 is 14.8 Å². The zero-order valence-electron chi connectivity index (χ0n) is 15.9. The van der Waals surface area contributed by atoms with Crippen LogP contribution in [0.2, 0.25) is 5.02 Å². The molecule has 0 unspecified atom stereocenters. The lowest BCUT2D eigenvalue weighted by molar-refractivity contribution is -0.145. The highest BCUT2D eigenvalue weighted by Gasteiger charge is 2.25. The minimum atomic E-state index is -0.490. The highest BCUT2D eigenvalue weighted by molar-refractivity contribution is 8.18. The molecule has 2 amide bonds. The molecule has 1 aliphatic rings. The number of nitrogens with zero attached hydrogens (tertiary/aromatic N) is 1. The van der Waals surface area contributed by atoms with E-state index in [1.54, 1.807) is 61.5 Å². The van der Waals surface area contributed by atoms with Crippen LogP contribution in [0.25, 0.3) is 6.08 Å². The Kier molecular flexibility index (Phi) is 7.26. The number of esters is 1. The molecule has 1 heterocycles. The number of rotatable bonds is 6. The minimum absolute atomic E-state index is 0.209. The lowest BCUT2D eigenvalue weighted by Crippen LogP contribution is -2.20. The van der Waals surface area contributed by atoms with Crippen molar-refractivity contribution < 1.29 is 23.9 Å². The number of amides is 2. The molecule has 0 radical (unpaired) electrons. The van der Waals surface area contributed by atoms with Gasteiger partial charge in [-0.25, -0.2) is 4.79 Å². The molecule has 0 spiro atoms. The second-order valence-electron chi connectivity index (χ2n) is 5.94. The predicted molar refractivity (Wildman–Crippen MR) is 115 cm³/mol. The molecular weight excluding hydrogens is 428 g/mol. The number of nitrogens with one attached hydrogen (secondary N) is 1. The number of thioether (sulfide) groups is 1. The van der Waals surface area contributed by atoms with Crippen LogP contribution in [0.3, 0.4) is 0 Å². The van der Waals surface area contributed by atoms with Gasteiger partial charge in [-0.2, -0.15) is 4.99 Å². The number of aliphatic imine (C=N–C) groups is 1. The van der Waals surface area contributed by atoms with E-state index in [1.165, 1.54) is 0 Å². The lowest BCUT2D eigenvalue weighted by Gasteiger charge is -2.08. The van der Waals surface area contributed by atoms with E-state index in [0.29, 0.717) is 21.8 Å². The number of carbonyl (C=O) groups is 3. The van der Waals surface area contributed by atoms with E-state index in [4.69, 9.17) is 21.1 Å². The van der Waals surface area contributed by atoms with Crippen molar-refractivity contribution >= 4 is 52.4 Å². The Morgan fingerprint density at radius 1 is 1.20 bits per heavy atom. The first kappa shape index (κ1) is 21.6. The summed E-state index contributed by atoms with van der Waals surface area (Å²) in [6.07, 6.45) is 1.62. The Labute approximate surface area is 182 Å². The smallest absolute Gasteiger partial charge is 0.344 e. The summed E-state index contributed by atoms with van der Waals surface area (Å²) in [7, 11) is 0. The molecule has 1 aliphatic heterocycles. The van der Waals surface area contributed by atoms with Gasteiger partial charge in [0.2, 0.25) is 0 Å². The van der Waals surface area contributed by atoms with E-state index in [9.17, 15) is 14.4 Å². The monoisotopic (exact) mass is 444 g/mol. The number of amidine groups is 1. The molecule has 1 fully saturated rings. The van der Waals surface area contributed by atoms with Gasteiger partial charge in [-0.05, 0) is 54.6 Å². The van der Waals surface area contributed by atoms with Gasteiger partial charge >= 0.3 is 5.97 Å². The van der Waals surface area contributed by atoms with Crippen molar-refractivity contribution in [1.29, 1.82) is 0 Å². The van der Waals surface area contributed by atoms with Crippen molar-refractivity contribution in [3.63, 3.8) is 0 Å². The van der Waals surface area contributed by atoms with Gasteiger partial charge in [-0.15, -0.1) is 0 Å². The van der Waals surface area contributed by atoms with Crippen LogP contribution in [0.4, 0.5) is 0 Å². The fourth-order valence-corrected chi connectivity index (χ4v) is 3.50. The summed E-state index contributed by atoms with van der Waals surface area (Å²) in [6.45, 7) is 1.73. The van der Waals surface area contributed by atoms with Crippen molar-refractivity contribution in [1.82, 2.24) is 5.32 Å². The summed E-state index contributed by atoms with van der Waals surface area (Å²) in [5.74, 6) is -0.967. The van der Waals surface area contributed by atoms with E-state index in [2.05, 4.69) is 10.3 Å². The van der Waals surface area contributed by atoms with Crippen LogP contribution >= 0.6 is 23.4 Å². The zero-order valence-corrected chi connectivity index (χ0v) is 17.5. The average molecular weight is 445 g/mol. The van der Waals surface area contributed by atoms with E-state index in [-0.39, 0.29) is 29.3 Å². The molecule has 30 heavy (non-hydrogen) atoms. The van der Waals surface area contributed by atoms with Crippen molar-refractivity contribution in [2.75, 3.05) is 13.2 Å². The number of halogens is 1. The van der Waals surface area contributed by atoms with Crippen LogP contribution < -0.4 is 10.1 Å². The molecule has 7 nitrogen and oxygen atoms in total. The molecule has 0 aliphatic carbocycles. The molecule has 1 saturated heterocycles. The quantitative estimate of drug-likeness (QED) is 0.539. The molecule has 0 aromatic heterocycles. The maximum Gasteiger partial charge on any atom is 0.344 e. The Morgan fingerprint density at radius 2 is 1.97 bits per heavy atom. The molecule has 3 rings (SSSR count). The first-order valence-electron chi connectivity index (χ1n) is 8.93. The SMILES string of the molecule is CCOC(=O)COc1ccc(/C=C2\SC(=NC(=O)c3ccccc3)NC2=O)cc1Cl. The second kappa shape index (κ2) is 10.1. The summed E-state index contributed by atoms with van der Waals surface area (Å²) in [5.41, 5.74) is 1.08. The van der Waals surface area contributed by atoms with Crippen molar-refractivity contribution in [3.8, 4) is 5.75 Å². The number of ether oxygens (including phenoxy) is 2. The van der Waals surface area contributed by atoms with E-state index < -0.39 is 11.9 Å². The Morgan fingerprint density at radius 3 is 2.67 bits per heavy atom. The van der Waals surface area contributed by atoms with E-state index in [0.717, 1.165) is 11.8 Å². The van der Waals surface area contributed by atoms with Gasteiger partial charge in [-0.3, -0.25) is 9.59 Å². The highest BCUT2D eigenvalue weighted by atomic mass is 35.5. The topological polar surface area (TPSA) is 94.1 Å². The summed E-state index contributed by atoms with van der Waals surface area (Å²) in [5, 5.41) is 3.06. The number of hydrogen-bond donors (Lipinski definition) is 1. The van der Waals surface area contributed by atoms with Gasteiger partial charge in [0.25, 0.3) is 11.8 Å². The molecule has 2 aromatic carbocycles. The van der Waals surface area contributed by atoms with Gasteiger partial charge in [0.15, 0.2) is 11.8 Å². The summed E-state index contributed by atoms with van der Waals surface area (Å²) in [4.78, 5) is 40.1. The summed E-state index contributed by atoms with van der Waals surface area (Å²) in [6, 6.07) is 13.5. The summed E-state index contributed by atoms with van der Waals surface area (Å²) < 4.78 is 10.1. The zero-order chi connectivity index (χ0) is 21.5. The standard InChI is InChI=1S/C21H17ClN2O5S/c1-2-28-18(25)12-29-16-9-8-13(10-15(16)22)11-17-20(27)24-21(30-17)23-19(26)14-6-4-3-5-7-14/h3-11H,2,12H2,1H3,(H,23,24,26,27)/b17-11-. The van der Waals surface area contributed by atoms with E-state index in [1.807, 2.05) is 0 Å². The van der Waals surface area contributed by atoms with Crippen LogP contribution in [-0.2, 0) is 14.3 Å². The number of hydrogen-bond acceptors (Lipinski definition) is 6. The average Bonchev–Trinajstić information content (AvgIpc) is 3.07. The van der Waals surface area contributed by atoms with Crippen LogP contribution in [-0.4, -0.2) is 36.2 Å². The molecule has 1 N–H and O–H groups in total. The maximum absolute atomic E-state index is 12.2. The highest BCUT2D eigenvalue weighted by Crippen LogP contribution is 2.30. The Bertz CT molecular complexity index is 1040. The van der Waals surface area contributed by atoms with Gasteiger partial charge in [-0.1, -0.05) is 35.9 Å². The minimum Gasteiger partial charge on any atom is -0.480 e. The maximum atomic E-state index is 12.2. The molecule has 2 aromatic rings. The van der Waals surface area contributed by atoms with Crippen molar-refractivity contribution in [2.24, 2.45) is 4.99 Å². The van der Waals surface area contributed by atoms with Crippen LogP contribution in [0.5, 0.6) is 5.75 Å². The predicted octanol–water partition coefficient (Wildman–Crippen LogP) is 3.68. The van der Waals surface area contributed by atoms with Crippen LogP contribution in [0, 0.1) is 0 Å². The lowest BCUT2D eigenvalue weighted by atomic mass is 10.2. The first-order valence-corrected chi connectivity index (χ1v) is 10.1.